The van der Waals surface area contributed by atoms with Gasteiger partial charge in [0.05, 0.1) is 23.9 Å². The molecule has 0 unspecified atom stereocenters. The van der Waals surface area contributed by atoms with Crippen LogP contribution in [0.1, 0.15) is 5.56 Å². The Morgan fingerprint density at radius 1 is 0.909 bits per heavy atom. The molecule has 0 amide bonds. The number of morpholine rings is 1. The van der Waals surface area contributed by atoms with E-state index in [1.54, 1.807) is 24.3 Å². The molecular formula is C17H19NO3S. The van der Waals surface area contributed by atoms with Crippen molar-refractivity contribution < 1.29 is 13.2 Å². The fourth-order valence-electron chi connectivity index (χ4n) is 2.56. The number of hydrogen-bond donors (Lipinski definition) is 0. The van der Waals surface area contributed by atoms with Crippen LogP contribution in [0.25, 0.3) is 0 Å². The molecule has 1 heterocycles. The summed E-state index contributed by atoms with van der Waals surface area (Å²) in [5, 5.41) is 0. The van der Waals surface area contributed by atoms with E-state index in [1.165, 1.54) is 0 Å². The number of rotatable bonds is 4. The van der Waals surface area contributed by atoms with Crippen molar-refractivity contribution in [3.8, 4) is 0 Å². The van der Waals surface area contributed by atoms with Gasteiger partial charge in [-0.3, -0.25) is 0 Å². The highest BCUT2D eigenvalue weighted by Crippen LogP contribution is 2.20. The van der Waals surface area contributed by atoms with Gasteiger partial charge in [-0.05, 0) is 29.8 Å². The largest absolute Gasteiger partial charge is 0.378 e. The lowest BCUT2D eigenvalue weighted by molar-refractivity contribution is 0.122. The summed E-state index contributed by atoms with van der Waals surface area (Å²) in [4.78, 5) is 2.62. The molecule has 116 valence electrons. The molecule has 0 radical (unpaired) electrons. The van der Waals surface area contributed by atoms with Gasteiger partial charge in [-0.1, -0.05) is 30.3 Å². The first-order valence-corrected chi connectivity index (χ1v) is 9.00. The van der Waals surface area contributed by atoms with Crippen LogP contribution in [0.2, 0.25) is 0 Å². The summed E-state index contributed by atoms with van der Waals surface area (Å²) in [7, 11) is -3.28. The number of anilines is 1. The zero-order valence-corrected chi connectivity index (χ0v) is 13.1. The third-order valence-corrected chi connectivity index (χ3v) is 5.48. The Labute approximate surface area is 131 Å². The van der Waals surface area contributed by atoms with Crippen LogP contribution in [0.3, 0.4) is 0 Å². The van der Waals surface area contributed by atoms with E-state index in [0.717, 1.165) is 37.6 Å². The second-order valence-electron chi connectivity index (χ2n) is 5.34. The van der Waals surface area contributed by atoms with Crippen molar-refractivity contribution in [1.29, 1.82) is 0 Å². The lowest BCUT2D eigenvalue weighted by Crippen LogP contribution is -2.36. The van der Waals surface area contributed by atoms with Crippen LogP contribution in [-0.4, -0.2) is 34.7 Å². The molecule has 0 spiro atoms. The normalized spacial score (nSPS) is 15.7. The zero-order valence-electron chi connectivity index (χ0n) is 12.3. The summed E-state index contributed by atoms with van der Waals surface area (Å²) in [6.07, 6.45) is 0. The maximum atomic E-state index is 12.4. The van der Waals surface area contributed by atoms with E-state index in [1.807, 2.05) is 30.3 Å². The molecule has 4 nitrogen and oxygen atoms in total. The first-order valence-electron chi connectivity index (χ1n) is 7.35. The Balaban J connectivity index is 1.73. The lowest BCUT2D eigenvalue weighted by Gasteiger charge is -2.28. The second kappa shape index (κ2) is 6.50. The molecule has 3 rings (SSSR count). The van der Waals surface area contributed by atoms with Crippen LogP contribution in [0.4, 0.5) is 5.69 Å². The van der Waals surface area contributed by atoms with E-state index in [2.05, 4.69) is 4.90 Å². The molecule has 5 heteroatoms. The highest BCUT2D eigenvalue weighted by Gasteiger charge is 2.15. The summed E-state index contributed by atoms with van der Waals surface area (Å²) >= 11 is 0. The van der Waals surface area contributed by atoms with Gasteiger partial charge in [0.25, 0.3) is 0 Å². The molecule has 1 aliphatic rings. The quantitative estimate of drug-likeness (QED) is 0.869. The SMILES string of the molecule is O=S(=O)(Cc1ccc(N2CCOCC2)cc1)c1ccccc1. The zero-order chi connectivity index (χ0) is 15.4. The van der Waals surface area contributed by atoms with E-state index in [9.17, 15) is 8.42 Å². The topological polar surface area (TPSA) is 46.6 Å². The third-order valence-electron chi connectivity index (χ3n) is 3.77. The van der Waals surface area contributed by atoms with E-state index in [0.29, 0.717) is 4.90 Å². The smallest absolute Gasteiger partial charge is 0.182 e. The predicted molar refractivity (Wildman–Crippen MR) is 86.8 cm³/mol. The van der Waals surface area contributed by atoms with Crippen molar-refractivity contribution in [2.24, 2.45) is 0 Å². The molecule has 0 aliphatic carbocycles. The molecule has 1 saturated heterocycles. The van der Waals surface area contributed by atoms with Gasteiger partial charge >= 0.3 is 0 Å². The van der Waals surface area contributed by atoms with Crippen molar-refractivity contribution in [1.82, 2.24) is 0 Å². The van der Waals surface area contributed by atoms with E-state index >= 15 is 0 Å². The minimum absolute atomic E-state index is 0.0282. The molecular weight excluding hydrogens is 298 g/mol. The van der Waals surface area contributed by atoms with Crippen molar-refractivity contribution in [3.05, 3.63) is 60.2 Å². The molecule has 22 heavy (non-hydrogen) atoms. The number of nitrogens with zero attached hydrogens (tertiary/aromatic N) is 1. The Morgan fingerprint density at radius 2 is 1.55 bits per heavy atom. The molecule has 2 aromatic rings. The standard InChI is InChI=1S/C17H19NO3S/c19-22(20,17-4-2-1-3-5-17)14-15-6-8-16(9-7-15)18-10-12-21-13-11-18/h1-9H,10-14H2. The summed E-state index contributed by atoms with van der Waals surface area (Å²) in [6.45, 7) is 3.23. The maximum Gasteiger partial charge on any atom is 0.182 e. The first-order chi connectivity index (χ1) is 10.6. The van der Waals surface area contributed by atoms with Gasteiger partial charge in [0.15, 0.2) is 9.84 Å². The van der Waals surface area contributed by atoms with Crippen LogP contribution in [0.5, 0.6) is 0 Å². The van der Waals surface area contributed by atoms with Crippen LogP contribution in [0.15, 0.2) is 59.5 Å². The molecule has 0 atom stereocenters. The average molecular weight is 317 g/mol. The van der Waals surface area contributed by atoms with Crippen molar-refractivity contribution in [2.45, 2.75) is 10.6 Å². The highest BCUT2D eigenvalue weighted by atomic mass is 32.2. The molecule has 0 bridgehead atoms. The van der Waals surface area contributed by atoms with Crippen LogP contribution in [-0.2, 0) is 20.3 Å². The first kappa shape index (κ1) is 15.1. The molecule has 0 N–H and O–H groups in total. The van der Waals surface area contributed by atoms with Gasteiger partial charge in [0.1, 0.15) is 0 Å². The number of sulfone groups is 1. The average Bonchev–Trinajstić information content (AvgIpc) is 2.57. The predicted octanol–water partition coefficient (Wildman–Crippen LogP) is 2.50. The molecule has 0 aromatic heterocycles. The minimum Gasteiger partial charge on any atom is -0.378 e. The van der Waals surface area contributed by atoms with Gasteiger partial charge in [-0.2, -0.15) is 0 Å². The number of benzene rings is 2. The lowest BCUT2D eigenvalue weighted by atomic mass is 10.2. The van der Waals surface area contributed by atoms with Crippen molar-refractivity contribution in [2.75, 3.05) is 31.2 Å². The van der Waals surface area contributed by atoms with Gasteiger partial charge < -0.3 is 9.64 Å². The molecule has 0 saturated carbocycles. The Morgan fingerprint density at radius 3 is 2.18 bits per heavy atom. The van der Waals surface area contributed by atoms with Gasteiger partial charge in [-0.15, -0.1) is 0 Å². The van der Waals surface area contributed by atoms with Crippen molar-refractivity contribution in [3.63, 3.8) is 0 Å². The van der Waals surface area contributed by atoms with Crippen LogP contribution < -0.4 is 4.90 Å². The molecule has 1 aliphatic heterocycles. The van der Waals surface area contributed by atoms with Crippen LogP contribution >= 0.6 is 0 Å². The van der Waals surface area contributed by atoms with E-state index in [-0.39, 0.29) is 5.75 Å². The second-order valence-corrected chi connectivity index (χ2v) is 7.33. The summed E-state index contributed by atoms with van der Waals surface area (Å²) < 4.78 is 30.1. The summed E-state index contributed by atoms with van der Waals surface area (Å²) in [5.74, 6) is 0.0282. The van der Waals surface area contributed by atoms with E-state index in [4.69, 9.17) is 4.74 Å². The van der Waals surface area contributed by atoms with Crippen LogP contribution in [0, 0.1) is 0 Å². The van der Waals surface area contributed by atoms with Gasteiger partial charge in [-0.25, -0.2) is 8.42 Å². The minimum atomic E-state index is -3.28. The highest BCUT2D eigenvalue weighted by molar-refractivity contribution is 7.90. The Kier molecular flexibility index (Phi) is 4.45. The van der Waals surface area contributed by atoms with Gasteiger partial charge in [0, 0.05) is 18.8 Å². The molecule has 2 aromatic carbocycles. The van der Waals surface area contributed by atoms with E-state index < -0.39 is 9.84 Å². The summed E-state index contributed by atoms with van der Waals surface area (Å²) in [5.41, 5.74) is 1.92. The Bertz CT molecular complexity index is 705. The monoisotopic (exact) mass is 317 g/mol. The number of ether oxygens (including phenoxy) is 1. The number of hydrogen-bond acceptors (Lipinski definition) is 4. The molecule has 1 fully saturated rings. The summed E-state index contributed by atoms with van der Waals surface area (Å²) in [6, 6.07) is 16.3. The fourth-order valence-corrected chi connectivity index (χ4v) is 3.92. The van der Waals surface area contributed by atoms with Crippen molar-refractivity contribution >= 4 is 15.5 Å². The maximum absolute atomic E-state index is 12.4. The van der Waals surface area contributed by atoms with Gasteiger partial charge in [0.2, 0.25) is 0 Å². The third kappa shape index (κ3) is 3.48. The fraction of sp³-hybridized carbons (Fsp3) is 0.294. The Hall–Kier alpha value is -1.85.